The fraction of sp³-hybridized carbons (Fsp3) is 0.831. The number of carbonyl (C=O) groups is 2. The fourth-order valence-corrected chi connectivity index (χ4v) is 8.06. The highest BCUT2D eigenvalue weighted by Gasteiger charge is 2.17. The van der Waals surface area contributed by atoms with E-state index >= 15 is 0 Å². The van der Waals surface area contributed by atoms with E-state index in [1.165, 1.54) is 186 Å². The van der Waals surface area contributed by atoms with Crippen molar-refractivity contribution in [3.05, 3.63) is 48.6 Å². The molecule has 0 amide bonds. The highest BCUT2D eigenvalue weighted by molar-refractivity contribution is 5.70. The normalized spacial score (nSPS) is 12.5. The number of carbonyl (C=O) groups excluding carboxylic acids is 2. The highest BCUT2D eigenvalue weighted by Crippen LogP contribution is 2.15. The minimum atomic E-state index is -0.546. The summed E-state index contributed by atoms with van der Waals surface area (Å²) in [6, 6.07) is 0. The Hall–Kier alpha value is -2.14. The second-order valence-corrected chi connectivity index (χ2v) is 18.8. The number of esters is 2. The Labute approximate surface area is 399 Å². The monoisotopic (exact) mass is 897 g/mol. The molecule has 0 aromatic carbocycles. The van der Waals surface area contributed by atoms with E-state index in [1.54, 1.807) is 0 Å². The van der Waals surface area contributed by atoms with E-state index in [2.05, 4.69) is 69.4 Å². The van der Waals surface area contributed by atoms with Crippen LogP contribution in [0.2, 0.25) is 0 Å². The van der Waals surface area contributed by atoms with Crippen LogP contribution in [0.1, 0.15) is 290 Å². The van der Waals surface area contributed by atoms with Crippen molar-refractivity contribution in [1.29, 1.82) is 0 Å². The maximum atomic E-state index is 12.8. The van der Waals surface area contributed by atoms with Crippen LogP contribution in [0.3, 0.4) is 0 Å². The summed E-state index contributed by atoms with van der Waals surface area (Å²) in [7, 11) is 0. The number of rotatable bonds is 52. The van der Waals surface area contributed by atoms with Gasteiger partial charge in [-0.1, -0.05) is 223 Å². The first kappa shape index (κ1) is 61.9. The van der Waals surface area contributed by atoms with E-state index in [4.69, 9.17) is 14.2 Å². The lowest BCUT2D eigenvalue weighted by Gasteiger charge is -2.18. The Morgan fingerprint density at radius 1 is 0.344 bits per heavy atom. The lowest BCUT2D eigenvalue weighted by atomic mass is 10.1. The molecule has 0 saturated carbocycles. The van der Waals surface area contributed by atoms with Gasteiger partial charge in [-0.05, 0) is 103 Å². The largest absolute Gasteiger partial charge is 0.462 e. The summed E-state index contributed by atoms with van der Waals surface area (Å²) in [5, 5.41) is 0. The first-order valence-corrected chi connectivity index (χ1v) is 28.2. The topological polar surface area (TPSA) is 61.8 Å². The van der Waals surface area contributed by atoms with Crippen LogP contribution in [0.15, 0.2) is 48.6 Å². The predicted octanol–water partition coefficient (Wildman–Crippen LogP) is 19.1. The molecule has 5 nitrogen and oxygen atoms in total. The number of allylic oxidation sites excluding steroid dienone is 8. The van der Waals surface area contributed by atoms with Crippen LogP contribution in [0.5, 0.6) is 0 Å². The van der Waals surface area contributed by atoms with Gasteiger partial charge in [0.05, 0.1) is 6.61 Å². The summed E-state index contributed by atoms with van der Waals surface area (Å²) >= 11 is 0. The maximum absolute atomic E-state index is 12.8. The molecule has 0 aromatic heterocycles. The third kappa shape index (κ3) is 52.5. The summed E-state index contributed by atoms with van der Waals surface area (Å²) in [5.41, 5.74) is 0. The zero-order valence-corrected chi connectivity index (χ0v) is 43.1. The lowest BCUT2D eigenvalue weighted by molar-refractivity contribution is -0.163. The van der Waals surface area contributed by atoms with E-state index in [0.29, 0.717) is 19.4 Å². The van der Waals surface area contributed by atoms with Gasteiger partial charge in [0, 0.05) is 19.4 Å². The zero-order valence-electron chi connectivity index (χ0n) is 43.1. The smallest absolute Gasteiger partial charge is 0.306 e. The second-order valence-electron chi connectivity index (χ2n) is 18.8. The predicted molar refractivity (Wildman–Crippen MR) is 279 cm³/mol. The van der Waals surface area contributed by atoms with Crippen LogP contribution in [0.25, 0.3) is 0 Å². The lowest BCUT2D eigenvalue weighted by Crippen LogP contribution is -2.30. The van der Waals surface area contributed by atoms with Gasteiger partial charge in [0.25, 0.3) is 0 Å². The molecule has 0 bridgehead atoms. The fourth-order valence-electron chi connectivity index (χ4n) is 8.06. The van der Waals surface area contributed by atoms with Crippen LogP contribution < -0.4 is 0 Å². The molecule has 0 aliphatic carbocycles. The third-order valence-electron chi connectivity index (χ3n) is 12.3. The van der Waals surface area contributed by atoms with Crippen molar-refractivity contribution >= 4 is 11.9 Å². The summed E-state index contributed by atoms with van der Waals surface area (Å²) in [6.45, 7) is 7.80. The summed E-state index contributed by atoms with van der Waals surface area (Å²) in [6.07, 6.45) is 68.4. The van der Waals surface area contributed by atoms with Gasteiger partial charge in [0.2, 0.25) is 0 Å². The quantitative estimate of drug-likeness (QED) is 0.0346. The molecule has 374 valence electrons. The van der Waals surface area contributed by atoms with Crippen LogP contribution in [-0.2, 0) is 23.8 Å². The Bertz CT molecular complexity index is 1060. The molecular formula is C59H108O5. The van der Waals surface area contributed by atoms with Crippen LogP contribution >= 0.6 is 0 Å². The summed E-state index contributed by atoms with van der Waals surface area (Å²) in [4.78, 5) is 25.5. The second kappa shape index (κ2) is 55.2. The molecule has 0 saturated heterocycles. The average molecular weight is 898 g/mol. The van der Waals surface area contributed by atoms with Crippen LogP contribution in [0, 0.1) is 0 Å². The molecule has 0 radical (unpaired) electrons. The number of unbranched alkanes of at least 4 members (excludes halogenated alkanes) is 33. The van der Waals surface area contributed by atoms with Crippen molar-refractivity contribution in [2.45, 2.75) is 297 Å². The first-order valence-electron chi connectivity index (χ1n) is 28.2. The van der Waals surface area contributed by atoms with Gasteiger partial charge in [-0.2, -0.15) is 0 Å². The third-order valence-corrected chi connectivity index (χ3v) is 12.3. The molecule has 64 heavy (non-hydrogen) atoms. The van der Waals surface area contributed by atoms with Crippen molar-refractivity contribution < 1.29 is 23.8 Å². The molecule has 1 atom stereocenters. The number of hydrogen-bond acceptors (Lipinski definition) is 5. The van der Waals surface area contributed by atoms with Gasteiger partial charge in [0.1, 0.15) is 6.61 Å². The molecule has 0 aromatic rings. The Balaban J connectivity index is 4.28. The van der Waals surface area contributed by atoms with Crippen molar-refractivity contribution in [3.63, 3.8) is 0 Å². The maximum Gasteiger partial charge on any atom is 0.306 e. The van der Waals surface area contributed by atoms with Gasteiger partial charge >= 0.3 is 11.9 Å². The molecule has 0 N–H and O–H groups in total. The summed E-state index contributed by atoms with van der Waals surface area (Å²) < 4.78 is 17.5. The van der Waals surface area contributed by atoms with E-state index in [9.17, 15) is 9.59 Å². The van der Waals surface area contributed by atoms with Crippen molar-refractivity contribution in [2.24, 2.45) is 0 Å². The minimum Gasteiger partial charge on any atom is -0.462 e. The molecule has 0 heterocycles. The van der Waals surface area contributed by atoms with E-state index in [0.717, 1.165) is 70.6 Å². The van der Waals surface area contributed by atoms with Gasteiger partial charge in [-0.15, -0.1) is 0 Å². The standard InChI is InChI=1S/C59H108O5/c1-4-7-10-13-16-19-22-25-28-29-30-33-36-39-42-45-48-51-54-62-55-57(64-59(61)53-50-47-44-41-38-35-32-27-24-21-18-15-12-9-6-3)56-63-58(60)52-49-46-43-40-37-34-31-26-23-20-17-14-11-8-5-2/h16,19,25-28,31-32,57H,4-15,17-18,20-24,29-30,33-56H2,1-3H3/b19-16-,28-25-,31-26-,32-27-. The zero-order chi connectivity index (χ0) is 46.3. The van der Waals surface area contributed by atoms with E-state index < -0.39 is 6.10 Å². The first-order chi connectivity index (χ1) is 31.6. The summed E-state index contributed by atoms with van der Waals surface area (Å²) in [5.74, 6) is -0.408. The van der Waals surface area contributed by atoms with E-state index in [1.807, 2.05) is 0 Å². The van der Waals surface area contributed by atoms with Gasteiger partial charge in [0.15, 0.2) is 6.10 Å². The SMILES string of the molecule is CCCCC/C=C\C/C=C\CCCCCCCCCCOCC(COC(=O)CCCCCCC/C=C\CCCCCCCC)OC(=O)CCCCCCC/C=C\CCCCCCCC. The highest BCUT2D eigenvalue weighted by atomic mass is 16.6. The van der Waals surface area contributed by atoms with Crippen molar-refractivity contribution in [1.82, 2.24) is 0 Å². The molecule has 0 rings (SSSR count). The number of ether oxygens (including phenoxy) is 3. The molecule has 0 aliphatic heterocycles. The molecule has 0 fully saturated rings. The molecule has 5 heteroatoms. The van der Waals surface area contributed by atoms with Crippen molar-refractivity contribution in [2.75, 3.05) is 19.8 Å². The Morgan fingerprint density at radius 2 is 0.656 bits per heavy atom. The van der Waals surface area contributed by atoms with Gasteiger partial charge < -0.3 is 14.2 Å². The van der Waals surface area contributed by atoms with Crippen LogP contribution in [0.4, 0.5) is 0 Å². The average Bonchev–Trinajstić information content (AvgIpc) is 3.30. The van der Waals surface area contributed by atoms with E-state index in [-0.39, 0.29) is 25.2 Å². The molecule has 0 aliphatic rings. The molecule has 1 unspecified atom stereocenters. The Morgan fingerprint density at radius 3 is 1.08 bits per heavy atom. The van der Waals surface area contributed by atoms with Gasteiger partial charge in [-0.3, -0.25) is 9.59 Å². The van der Waals surface area contributed by atoms with Crippen LogP contribution in [-0.4, -0.2) is 37.9 Å². The molecular weight excluding hydrogens is 789 g/mol. The van der Waals surface area contributed by atoms with Crippen molar-refractivity contribution in [3.8, 4) is 0 Å². The number of hydrogen-bond donors (Lipinski definition) is 0. The minimum absolute atomic E-state index is 0.0774. The Kier molecular flexibility index (Phi) is 53.3. The van der Waals surface area contributed by atoms with Gasteiger partial charge in [-0.25, -0.2) is 0 Å². The molecule has 0 spiro atoms.